The molecule has 3 nitrogen and oxygen atoms in total. The number of likely N-dealkylation sites (tertiary alicyclic amines) is 1. The predicted molar refractivity (Wildman–Crippen MR) is 58.2 cm³/mol. The molecule has 1 heterocycles. The first kappa shape index (κ1) is 11.5. The monoisotopic (exact) mass is 198 g/mol. The van der Waals surface area contributed by atoms with Gasteiger partial charge >= 0.3 is 0 Å². The quantitative estimate of drug-likeness (QED) is 0.743. The lowest BCUT2D eigenvalue weighted by atomic mass is 10.0. The van der Waals surface area contributed by atoms with Crippen molar-refractivity contribution in [3.05, 3.63) is 0 Å². The average Bonchev–Trinajstić information content (AvgIpc) is 2.18. The maximum Gasteiger partial charge on any atom is 0.237 e. The summed E-state index contributed by atoms with van der Waals surface area (Å²) in [5.41, 5.74) is 0. The molecule has 0 bridgehead atoms. The van der Waals surface area contributed by atoms with Crippen molar-refractivity contribution >= 4 is 5.91 Å². The maximum absolute atomic E-state index is 11.8. The largest absolute Gasteiger partial charge is 0.352 e. The van der Waals surface area contributed by atoms with Gasteiger partial charge in [-0.2, -0.15) is 0 Å². The predicted octanol–water partition coefficient (Wildman–Crippen LogP) is 1.39. The van der Waals surface area contributed by atoms with E-state index in [0.29, 0.717) is 6.04 Å². The van der Waals surface area contributed by atoms with E-state index in [1.165, 1.54) is 12.8 Å². The first-order chi connectivity index (χ1) is 6.65. The number of carbonyl (C=O) groups excluding carboxylic acids is 1. The molecular formula is C11H22N2O. The third kappa shape index (κ3) is 2.98. The van der Waals surface area contributed by atoms with E-state index in [9.17, 15) is 4.79 Å². The van der Waals surface area contributed by atoms with Crippen LogP contribution in [0.25, 0.3) is 0 Å². The van der Waals surface area contributed by atoms with E-state index in [1.807, 2.05) is 7.05 Å². The SMILES string of the molecule is CCC(C)NC(=O)C1CCCCN1C. The van der Waals surface area contributed by atoms with Gasteiger partial charge in [0.1, 0.15) is 0 Å². The van der Waals surface area contributed by atoms with Crippen LogP contribution in [-0.2, 0) is 4.79 Å². The molecule has 1 fully saturated rings. The summed E-state index contributed by atoms with van der Waals surface area (Å²) in [4.78, 5) is 14.0. The number of piperidine rings is 1. The van der Waals surface area contributed by atoms with E-state index in [-0.39, 0.29) is 11.9 Å². The van der Waals surface area contributed by atoms with Crippen LogP contribution in [0, 0.1) is 0 Å². The van der Waals surface area contributed by atoms with Crippen molar-refractivity contribution < 1.29 is 4.79 Å². The summed E-state index contributed by atoms with van der Waals surface area (Å²) in [7, 11) is 2.04. The first-order valence-corrected chi connectivity index (χ1v) is 5.65. The molecule has 0 aromatic heterocycles. The summed E-state index contributed by atoms with van der Waals surface area (Å²) in [6.45, 7) is 5.20. The zero-order valence-corrected chi connectivity index (χ0v) is 9.55. The van der Waals surface area contributed by atoms with E-state index in [2.05, 4.69) is 24.1 Å². The highest BCUT2D eigenvalue weighted by molar-refractivity contribution is 5.82. The van der Waals surface area contributed by atoms with Gasteiger partial charge in [-0.15, -0.1) is 0 Å². The molecule has 0 aromatic carbocycles. The fourth-order valence-corrected chi connectivity index (χ4v) is 1.85. The zero-order valence-electron chi connectivity index (χ0n) is 9.55. The number of nitrogens with zero attached hydrogens (tertiary/aromatic N) is 1. The molecule has 1 amide bonds. The summed E-state index contributed by atoms with van der Waals surface area (Å²) in [5.74, 6) is 0.210. The molecule has 1 aliphatic rings. The first-order valence-electron chi connectivity index (χ1n) is 5.65. The molecule has 1 aliphatic heterocycles. The Kier molecular flexibility index (Phi) is 4.39. The molecule has 2 atom stereocenters. The van der Waals surface area contributed by atoms with Crippen LogP contribution in [0.1, 0.15) is 39.5 Å². The Morgan fingerprint density at radius 2 is 2.29 bits per heavy atom. The number of likely N-dealkylation sites (N-methyl/N-ethyl adjacent to an activating group) is 1. The van der Waals surface area contributed by atoms with E-state index in [4.69, 9.17) is 0 Å². The molecule has 0 aliphatic carbocycles. The lowest BCUT2D eigenvalue weighted by molar-refractivity contribution is -0.127. The number of carbonyl (C=O) groups is 1. The lowest BCUT2D eigenvalue weighted by Gasteiger charge is -2.32. The molecule has 3 heteroatoms. The van der Waals surface area contributed by atoms with E-state index < -0.39 is 0 Å². The molecule has 82 valence electrons. The van der Waals surface area contributed by atoms with Gasteiger partial charge in [0.2, 0.25) is 5.91 Å². The second-order valence-electron chi connectivity index (χ2n) is 4.31. The molecule has 2 unspecified atom stereocenters. The van der Waals surface area contributed by atoms with Gasteiger partial charge in [0, 0.05) is 6.04 Å². The molecular weight excluding hydrogens is 176 g/mol. The number of hydrogen-bond acceptors (Lipinski definition) is 2. The van der Waals surface area contributed by atoms with E-state index >= 15 is 0 Å². The summed E-state index contributed by atoms with van der Waals surface area (Å²) in [5, 5.41) is 3.05. The van der Waals surface area contributed by atoms with Crippen LogP contribution in [0.2, 0.25) is 0 Å². The molecule has 0 saturated carbocycles. The highest BCUT2D eigenvalue weighted by Gasteiger charge is 2.25. The van der Waals surface area contributed by atoms with Crippen molar-refractivity contribution in [3.8, 4) is 0 Å². The fourth-order valence-electron chi connectivity index (χ4n) is 1.85. The normalized spacial score (nSPS) is 25.8. The van der Waals surface area contributed by atoms with Gasteiger partial charge in [0.25, 0.3) is 0 Å². The van der Waals surface area contributed by atoms with Crippen molar-refractivity contribution in [2.24, 2.45) is 0 Å². The van der Waals surface area contributed by atoms with Crippen LogP contribution in [-0.4, -0.2) is 36.5 Å². The topological polar surface area (TPSA) is 32.3 Å². The third-order valence-corrected chi connectivity index (χ3v) is 3.07. The van der Waals surface area contributed by atoms with Crippen molar-refractivity contribution in [1.29, 1.82) is 0 Å². The lowest BCUT2D eigenvalue weighted by Crippen LogP contribution is -2.49. The average molecular weight is 198 g/mol. The highest BCUT2D eigenvalue weighted by atomic mass is 16.2. The fraction of sp³-hybridized carbons (Fsp3) is 0.909. The Morgan fingerprint density at radius 1 is 1.57 bits per heavy atom. The Hall–Kier alpha value is -0.570. The van der Waals surface area contributed by atoms with Crippen LogP contribution in [0.3, 0.4) is 0 Å². The minimum Gasteiger partial charge on any atom is -0.352 e. The van der Waals surface area contributed by atoms with Gasteiger partial charge in [-0.25, -0.2) is 0 Å². The van der Waals surface area contributed by atoms with Gasteiger partial charge in [-0.05, 0) is 39.8 Å². The van der Waals surface area contributed by atoms with Crippen LogP contribution < -0.4 is 5.32 Å². The van der Waals surface area contributed by atoms with Crippen LogP contribution in [0.5, 0.6) is 0 Å². The minimum atomic E-state index is 0.109. The molecule has 1 saturated heterocycles. The Balaban J connectivity index is 2.42. The third-order valence-electron chi connectivity index (χ3n) is 3.07. The zero-order chi connectivity index (χ0) is 10.6. The summed E-state index contributed by atoms with van der Waals surface area (Å²) in [6, 6.07) is 0.413. The summed E-state index contributed by atoms with van der Waals surface area (Å²) < 4.78 is 0. The van der Waals surface area contributed by atoms with Crippen molar-refractivity contribution in [2.45, 2.75) is 51.6 Å². The molecule has 0 aromatic rings. The standard InChI is InChI=1S/C11H22N2O/c1-4-9(2)12-11(14)10-7-5-6-8-13(10)3/h9-10H,4-8H2,1-3H3,(H,12,14). The molecule has 14 heavy (non-hydrogen) atoms. The second kappa shape index (κ2) is 5.35. The van der Waals surface area contributed by atoms with Gasteiger partial charge in [0.15, 0.2) is 0 Å². The smallest absolute Gasteiger partial charge is 0.237 e. The molecule has 1 rings (SSSR count). The molecule has 0 radical (unpaired) electrons. The van der Waals surface area contributed by atoms with Gasteiger partial charge in [-0.1, -0.05) is 13.3 Å². The Labute approximate surface area is 86.9 Å². The second-order valence-corrected chi connectivity index (χ2v) is 4.31. The maximum atomic E-state index is 11.8. The minimum absolute atomic E-state index is 0.109. The van der Waals surface area contributed by atoms with Crippen LogP contribution in [0.4, 0.5) is 0 Å². The summed E-state index contributed by atoms with van der Waals surface area (Å²) in [6.07, 6.45) is 4.42. The Bertz CT molecular complexity index is 194. The van der Waals surface area contributed by atoms with Crippen LogP contribution in [0.15, 0.2) is 0 Å². The van der Waals surface area contributed by atoms with Gasteiger partial charge in [0.05, 0.1) is 6.04 Å². The van der Waals surface area contributed by atoms with Gasteiger partial charge in [-0.3, -0.25) is 9.69 Å². The van der Waals surface area contributed by atoms with Crippen molar-refractivity contribution in [1.82, 2.24) is 10.2 Å². The van der Waals surface area contributed by atoms with Crippen molar-refractivity contribution in [2.75, 3.05) is 13.6 Å². The molecule has 1 N–H and O–H groups in total. The Morgan fingerprint density at radius 3 is 2.86 bits per heavy atom. The van der Waals surface area contributed by atoms with E-state index in [0.717, 1.165) is 19.4 Å². The number of amides is 1. The van der Waals surface area contributed by atoms with Crippen LogP contribution >= 0.6 is 0 Å². The van der Waals surface area contributed by atoms with E-state index in [1.54, 1.807) is 0 Å². The number of nitrogens with one attached hydrogen (secondary N) is 1. The molecule has 0 spiro atoms. The number of hydrogen-bond donors (Lipinski definition) is 1. The van der Waals surface area contributed by atoms with Crippen molar-refractivity contribution in [3.63, 3.8) is 0 Å². The van der Waals surface area contributed by atoms with Gasteiger partial charge < -0.3 is 5.32 Å². The summed E-state index contributed by atoms with van der Waals surface area (Å²) >= 11 is 0. The highest BCUT2D eigenvalue weighted by Crippen LogP contribution is 2.15. The number of rotatable bonds is 3.